The predicted octanol–water partition coefficient (Wildman–Crippen LogP) is 0.875. The van der Waals surface area contributed by atoms with Gasteiger partial charge in [0.15, 0.2) is 0 Å². The lowest BCUT2D eigenvalue weighted by Crippen LogP contribution is -2.34. The molecule has 1 aromatic rings. The second-order valence-electron chi connectivity index (χ2n) is 4.21. The molecular weight excluding hydrogens is 176 g/mol. The van der Waals surface area contributed by atoms with E-state index >= 15 is 0 Å². The number of rotatable bonds is 2. The molecular formula is C10H18N4. The van der Waals surface area contributed by atoms with E-state index in [0.29, 0.717) is 12.0 Å². The fourth-order valence-corrected chi connectivity index (χ4v) is 2.23. The molecule has 1 saturated carbocycles. The van der Waals surface area contributed by atoms with Gasteiger partial charge in [-0.2, -0.15) is 5.10 Å². The Kier molecular flexibility index (Phi) is 2.82. The van der Waals surface area contributed by atoms with Gasteiger partial charge in [0, 0.05) is 19.5 Å². The molecule has 2 rings (SSSR count). The third-order valence-electron chi connectivity index (χ3n) is 3.22. The highest BCUT2D eigenvalue weighted by atomic mass is 15.3. The van der Waals surface area contributed by atoms with Crippen molar-refractivity contribution in [1.82, 2.24) is 14.8 Å². The van der Waals surface area contributed by atoms with Gasteiger partial charge < -0.3 is 5.73 Å². The largest absolute Gasteiger partial charge is 0.327 e. The third kappa shape index (κ3) is 1.95. The lowest BCUT2D eigenvalue weighted by molar-refractivity contribution is 0.300. The maximum absolute atomic E-state index is 6.09. The fourth-order valence-electron chi connectivity index (χ4n) is 2.23. The summed E-state index contributed by atoms with van der Waals surface area (Å²) in [5.74, 6) is 1.67. The molecule has 4 heteroatoms. The molecule has 4 nitrogen and oxygen atoms in total. The number of aromatic nitrogens is 3. The van der Waals surface area contributed by atoms with E-state index < -0.39 is 0 Å². The smallest absolute Gasteiger partial charge is 0.138 e. The third-order valence-corrected chi connectivity index (χ3v) is 3.22. The molecule has 0 radical (unpaired) electrons. The van der Waals surface area contributed by atoms with E-state index in [0.717, 1.165) is 12.2 Å². The minimum atomic E-state index is 0.362. The standard InChI is InChI=1S/C10H18N4/c1-14-10(12-7-13-14)6-8-4-2-3-5-9(8)11/h7-9H,2-6,11H2,1H3. The first-order chi connectivity index (χ1) is 6.77. The van der Waals surface area contributed by atoms with E-state index in [4.69, 9.17) is 5.73 Å². The number of aryl methyl sites for hydroxylation is 1. The van der Waals surface area contributed by atoms with Gasteiger partial charge in [-0.15, -0.1) is 0 Å². The Balaban J connectivity index is 1.99. The van der Waals surface area contributed by atoms with Crippen LogP contribution in [0.1, 0.15) is 31.5 Å². The minimum absolute atomic E-state index is 0.362. The Morgan fingerprint density at radius 3 is 2.93 bits per heavy atom. The molecule has 14 heavy (non-hydrogen) atoms. The van der Waals surface area contributed by atoms with Crippen molar-refractivity contribution in [3.05, 3.63) is 12.2 Å². The van der Waals surface area contributed by atoms with Crippen LogP contribution in [0.15, 0.2) is 6.33 Å². The van der Waals surface area contributed by atoms with Crippen LogP contribution in [0.2, 0.25) is 0 Å². The molecule has 78 valence electrons. The molecule has 2 atom stereocenters. The highest BCUT2D eigenvalue weighted by Gasteiger charge is 2.23. The van der Waals surface area contributed by atoms with E-state index in [1.54, 1.807) is 6.33 Å². The second-order valence-corrected chi connectivity index (χ2v) is 4.21. The maximum Gasteiger partial charge on any atom is 0.138 e. The van der Waals surface area contributed by atoms with Crippen LogP contribution in [0.25, 0.3) is 0 Å². The highest BCUT2D eigenvalue weighted by Crippen LogP contribution is 2.25. The summed E-state index contributed by atoms with van der Waals surface area (Å²) >= 11 is 0. The van der Waals surface area contributed by atoms with Crippen molar-refractivity contribution in [3.63, 3.8) is 0 Å². The molecule has 0 aromatic carbocycles. The molecule has 0 aliphatic heterocycles. The summed E-state index contributed by atoms with van der Waals surface area (Å²) in [6, 6.07) is 0.362. The van der Waals surface area contributed by atoms with Crippen molar-refractivity contribution in [2.75, 3.05) is 0 Å². The quantitative estimate of drug-likeness (QED) is 0.760. The molecule has 1 aliphatic rings. The van der Waals surface area contributed by atoms with Gasteiger partial charge in [0.25, 0.3) is 0 Å². The van der Waals surface area contributed by atoms with Gasteiger partial charge >= 0.3 is 0 Å². The molecule has 0 spiro atoms. The van der Waals surface area contributed by atoms with Crippen molar-refractivity contribution in [3.8, 4) is 0 Å². The van der Waals surface area contributed by atoms with E-state index in [1.165, 1.54) is 25.7 Å². The Bertz CT molecular complexity index is 294. The van der Waals surface area contributed by atoms with E-state index in [9.17, 15) is 0 Å². The summed E-state index contributed by atoms with van der Waals surface area (Å²) < 4.78 is 1.85. The molecule has 1 fully saturated rings. The highest BCUT2D eigenvalue weighted by molar-refractivity contribution is 4.90. The zero-order valence-corrected chi connectivity index (χ0v) is 8.69. The van der Waals surface area contributed by atoms with Crippen molar-refractivity contribution in [2.45, 2.75) is 38.1 Å². The number of nitrogens with zero attached hydrogens (tertiary/aromatic N) is 3. The molecule has 0 bridgehead atoms. The first-order valence-corrected chi connectivity index (χ1v) is 5.36. The summed E-state index contributed by atoms with van der Waals surface area (Å²) in [5, 5.41) is 4.07. The predicted molar refractivity (Wildman–Crippen MR) is 54.6 cm³/mol. The van der Waals surface area contributed by atoms with Gasteiger partial charge in [0.2, 0.25) is 0 Å². The lowest BCUT2D eigenvalue weighted by Gasteiger charge is -2.27. The van der Waals surface area contributed by atoms with Crippen LogP contribution in [0.5, 0.6) is 0 Å². The van der Waals surface area contributed by atoms with Crippen molar-refractivity contribution < 1.29 is 0 Å². The zero-order valence-electron chi connectivity index (χ0n) is 8.69. The van der Waals surface area contributed by atoms with Gasteiger partial charge in [-0.05, 0) is 18.8 Å². The molecule has 1 heterocycles. The number of nitrogens with two attached hydrogens (primary N) is 1. The second kappa shape index (κ2) is 4.09. The topological polar surface area (TPSA) is 56.7 Å². The summed E-state index contributed by atoms with van der Waals surface area (Å²) in [5.41, 5.74) is 6.09. The van der Waals surface area contributed by atoms with E-state index in [-0.39, 0.29) is 0 Å². The van der Waals surface area contributed by atoms with Gasteiger partial charge in [0.05, 0.1) is 0 Å². The van der Waals surface area contributed by atoms with Crippen molar-refractivity contribution in [1.29, 1.82) is 0 Å². The van der Waals surface area contributed by atoms with Crippen LogP contribution in [-0.4, -0.2) is 20.8 Å². The van der Waals surface area contributed by atoms with E-state index in [1.807, 2.05) is 11.7 Å². The molecule has 0 saturated heterocycles. The zero-order chi connectivity index (χ0) is 9.97. The van der Waals surface area contributed by atoms with Gasteiger partial charge in [0.1, 0.15) is 12.2 Å². The van der Waals surface area contributed by atoms with Crippen LogP contribution in [0.3, 0.4) is 0 Å². The molecule has 1 aliphatic carbocycles. The summed E-state index contributed by atoms with van der Waals surface area (Å²) in [7, 11) is 1.94. The van der Waals surface area contributed by atoms with Gasteiger partial charge in [-0.1, -0.05) is 12.8 Å². The molecule has 2 N–H and O–H groups in total. The molecule has 0 amide bonds. The monoisotopic (exact) mass is 194 g/mol. The normalized spacial score (nSPS) is 27.9. The lowest BCUT2D eigenvalue weighted by atomic mass is 9.83. The first kappa shape index (κ1) is 9.65. The fraction of sp³-hybridized carbons (Fsp3) is 0.800. The van der Waals surface area contributed by atoms with Crippen LogP contribution in [0.4, 0.5) is 0 Å². The van der Waals surface area contributed by atoms with Crippen LogP contribution < -0.4 is 5.73 Å². The van der Waals surface area contributed by atoms with Gasteiger partial charge in [-0.3, -0.25) is 4.68 Å². The minimum Gasteiger partial charge on any atom is -0.327 e. The van der Waals surface area contributed by atoms with Crippen molar-refractivity contribution in [2.24, 2.45) is 18.7 Å². The van der Waals surface area contributed by atoms with Gasteiger partial charge in [-0.25, -0.2) is 4.98 Å². The van der Waals surface area contributed by atoms with Crippen molar-refractivity contribution >= 4 is 0 Å². The number of hydrogen-bond donors (Lipinski definition) is 1. The Morgan fingerprint density at radius 1 is 1.50 bits per heavy atom. The average Bonchev–Trinajstić information content (AvgIpc) is 2.56. The van der Waals surface area contributed by atoms with Crippen LogP contribution in [-0.2, 0) is 13.5 Å². The van der Waals surface area contributed by atoms with Crippen LogP contribution >= 0.6 is 0 Å². The Labute approximate surface area is 84.5 Å². The Morgan fingerprint density at radius 2 is 2.29 bits per heavy atom. The number of hydrogen-bond acceptors (Lipinski definition) is 3. The van der Waals surface area contributed by atoms with E-state index in [2.05, 4.69) is 10.1 Å². The average molecular weight is 194 g/mol. The summed E-state index contributed by atoms with van der Waals surface area (Å²) in [4.78, 5) is 4.24. The first-order valence-electron chi connectivity index (χ1n) is 5.36. The maximum atomic E-state index is 6.09. The summed E-state index contributed by atoms with van der Waals surface area (Å²) in [6.07, 6.45) is 7.62. The molecule has 2 unspecified atom stereocenters. The Hall–Kier alpha value is -0.900. The summed E-state index contributed by atoms with van der Waals surface area (Å²) in [6.45, 7) is 0. The van der Waals surface area contributed by atoms with Crippen LogP contribution in [0, 0.1) is 5.92 Å². The SMILES string of the molecule is Cn1ncnc1CC1CCCCC1N. The molecule has 1 aromatic heterocycles.